The number of unbranched alkanes of at least 4 members (excludes halogenated alkanes) is 5. The van der Waals surface area contributed by atoms with E-state index in [1.807, 2.05) is 0 Å². The summed E-state index contributed by atoms with van der Waals surface area (Å²) < 4.78 is 5.11. The Morgan fingerprint density at radius 3 is 2.00 bits per heavy atom. The van der Waals surface area contributed by atoms with Gasteiger partial charge in [-0.05, 0) is 27.2 Å². The van der Waals surface area contributed by atoms with Crippen LogP contribution in [-0.2, 0) is 14.3 Å². The van der Waals surface area contributed by atoms with E-state index in [-0.39, 0.29) is 6.42 Å². The molecule has 0 spiro atoms. The van der Waals surface area contributed by atoms with Gasteiger partial charge in [-0.25, -0.2) is 9.59 Å². The lowest BCUT2D eigenvalue weighted by atomic mass is 9.92. The van der Waals surface area contributed by atoms with E-state index in [0.717, 1.165) is 25.7 Å². The fourth-order valence-electron chi connectivity index (χ4n) is 1.85. The smallest absolute Gasteiger partial charge is 0.338 e. The van der Waals surface area contributed by atoms with Crippen LogP contribution in [0.15, 0.2) is 0 Å². The van der Waals surface area contributed by atoms with Crippen molar-refractivity contribution in [2.24, 2.45) is 5.73 Å². The number of nitrogens with two attached hydrogens (primary N) is 1. The van der Waals surface area contributed by atoms with Gasteiger partial charge in [0.25, 0.3) is 0 Å². The standard InChI is InChI=1S/C15H29NO4/c1-5-6-7-8-9-10-11-15(16,12(17)18)13(19)20-14(2,3)4/h5-11,16H2,1-4H3,(H,17,18). The van der Waals surface area contributed by atoms with Crippen LogP contribution in [0.4, 0.5) is 0 Å². The number of hydrogen-bond donors (Lipinski definition) is 2. The lowest BCUT2D eigenvalue weighted by Gasteiger charge is -2.28. The topological polar surface area (TPSA) is 89.6 Å². The van der Waals surface area contributed by atoms with Crippen LogP contribution in [0.5, 0.6) is 0 Å². The molecule has 0 aromatic carbocycles. The first-order valence-electron chi connectivity index (χ1n) is 7.39. The summed E-state index contributed by atoms with van der Waals surface area (Å²) in [6, 6.07) is 0. The summed E-state index contributed by atoms with van der Waals surface area (Å²) in [4.78, 5) is 23.2. The van der Waals surface area contributed by atoms with E-state index in [9.17, 15) is 14.7 Å². The Hall–Kier alpha value is -1.10. The zero-order chi connectivity index (χ0) is 15.8. The second kappa shape index (κ2) is 8.25. The molecule has 0 bridgehead atoms. The third-order valence-corrected chi connectivity index (χ3v) is 3.07. The molecule has 3 N–H and O–H groups in total. The Labute approximate surface area is 121 Å². The van der Waals surface area contributed by atoms with Crippen molar-refractivity contribution in [3.8, 4) is 0 Å². The van der Waals surface area contributed by atoms with Crippen LogP contribution in [0.1, 0.15) is 72.6 Å². The molecule has 0 saturated carbocycles. The zero-order valence-corrected chi connectivity index (χ0v) is 13.2. The molecule has 5 heteroatoms. The molecule has 0 aromatic rings. The van der Waals surface area contributed by atoms with E-state index in [4.69, 9.17) is 10.5 Å². The second-order valence-electron chi connectivity index (χ2n) is 6.30. The first-order valence-corrected chi connectivity index (χ1v) is 7.39. The monoisotopic (exact) mass is 287 g/mol. The maximum atomic E-state index is 12.0. The Bertz CT molecular complexity index is 322. The average molecular weight is 287 g/mol. The largest absolute Gasteiger partial charge is 0.479 e. The normalized spacial score (nSPS) is 14.7. The first-order chi connectivity index (χ1) is 9.13. The molecule has 0 aliphatic heterocycles. The molecule has 0 radical (unpaired) electrons. The summed E-state index contributed by atoms with van der Waals surface area (Å²) in [6.07, 6.45) is 6.13. The van der Waals surface area contributed by atoms with Gasteiger partial charge in [0.2, 0.25) is 5.54 Å². The highest BCUT2D eigenvalue weighted by atomic mass is 16.6. The average Bonchev–Trinajstić information content (AvgIpc) is 2.30. The van der Waals surface area contributed by atoms with Crippen molar-refractivity contribution in [3.63, 3.8) is 0 Å². The maximum Gasteiger partial charge on any atom is 0.338 e. The summed E-state index contributed by atoms with van der Waals surface area (Å²) in [5, 5.41) is 9.21. The highest BCUT2D eigenvalue weighted by molar-refractivity contribution is 6.03. The minimum Gasteiger partial charge on any atom is -0.479 e. The number of hydrogen-bond acceptors (Lipinski definition) is 4. The molecule has 0 saturated heterocycles. The van der Waals surface area contributed by atoms with Crippen molar-refractivity contribution in [2.45, 2.75) is 83.8 Å². The third-order valence-electron chi connectivity index (χ3n) is 3.07. The van der Waals surface area contributed by atoms with Crippen LogP contribution in [-0.4, -0.2) is 28.2 Å². The minimum atomic E-state index is -1.93. The van der Waals surface area contributed by atoms with Crippen LogP contribution < -0.4 is 5.73 Å². The van der Waals surface area contributed by atoms with E-state index in [1.165, 1.54) is 6.42 Å². The molecule has 0 aromatic heterocycles. The zero-order valence-electron chi connectivity index (χ0n) is 13.2. The van der Waals surface area contributed by atoms with Gasteiger partial charge < -0.3 is 15.6 Å². The molecule has 1 unspecified atom stereocenters. The predicted molar refractivity (Wildman–Crippen MR) is 78.4 cm³/mol. The molecule has 0 rings (SSSR count). The van der Waals surface area contributed by atoms with Gasteiger partial charge in [0.1, 0.15) is 5.60 Å². The molecule has 0 aliphatic carbocycles. The van der Waals surface area contributed by atoms with Gasteiger partial charge in [0.05, 0.1) is 0 Å². The summed E-state index contributed by atoms with van der Waals surface area (Å²) in [7, 11) is 0. The van der Waals surface area contributed by atoms with E-state index in [0.29, 0.717) is 6.42 Å². The first kappa shape index (κ1) is 18.9. The second-order valence-corrected chi connectivity index (χ2v) is 6.30. The van der Waals surface area contributed by atoms with Gasteiger partial charge in [-0.2, -0.15) is 0 Å². The lowest BCUT2D eigenvalue weighted by molar-refractivity contribution is -0.169. The van der Waals surface area contributed by atoms with Gasteiger partial charge in [0, 0.05) is 0 Å². The van der Waals surface area contributed by atoms with Crippen LogP contribution in [0.25, 0.3) is 0 Å². The number of carboxylic acids is 1. The number of carbonyl (C=O) groups is 2. The van der Waals surface area contributed by atoms with Crippen molar-refractivity contribution >= 4 is 11.9 Å². The number of carboxylic acid groups (broad SMARTS) is 1. The molecule has 118 valence electrons. The van der Waals surface area contributed by atoms with E-state index in [2.05, 4.69) is 6.92 Å². The third kappa shape index (κ3) is 6.89. The molecular weight excluding hydrogens is 258 g/mol. The van der Waals surface area contributed by atoms with Crippen molar-refractivity contribution in [3.05, 3.63) is 0 Å². The summed E-state index contributed by atoms with van der Waals surface area (Å²) >= 11 is 0. The van der Waals surface area contributed by atoms with E-state index >= 15 is 0 Å². The van der Waals surface area contributed by atoms with Crippen molar-refractivity contribution in [1.29, 1.82) is 0 Å². The fraction of sp³-hybridized carbons (Fsp3) is 0.867. The number of rotatable bonds is 9. The van der Waals surface area contributed by atoms with Gasteiger partial charge in [-0.1, -0.05) is 45.4 Å². The Morgan fingerprint density at radius 2 is 1.55 bits per heavy atom. The molecule has 20 heavy (non-hydrogen) atoms. The van der Waals surface area contributed by atoms with Crippen molar-refractivity contribution in [1.82, 2.24) is 0 Å². The molecular formula is C15H29NO4. The van der Waals surface area contributed by atoms with Crippen LogP contribution in [0.3, 0.4) is 0 Å². The molecule has 1 atom stereocenters. The van der Waals surface area contributed by atoms with E-state index in [1.54, 1.807) is 20.8 Å². The van der Waals surface area contributed by atoms with Crippen LogP contribution >= 0.6 is 0 Å². The number of ether oxygens (including phenoxy) is 1. The summed E-state index contributed by atoms with van der Waals surface area (Å²) in [5.74, 6) is -2.17. The maximum absolute atomic E-state index is 12.0. The van der Waals surface area contributed by atoms with Crippen molar-refractivity contribution < 1.29 is 19.4 Å². The quantitative estimate of drug-likeness (QED) is 0.386. The van der Waals surface area contributed by atoms with Gasteiger partial charge in [-0.15, -0.1) is 0 Å². The molecule has 5 nitrogen and oxygen atoms in total. The van der Waals surface area contributed by atoms with Gasteiger partial charge >= 0.3 is 11.9 Å². The van der Waals surface area contributed by atoms with Crippen LogP contribution in [0, 0.1) is 0 Å². The molecule has 0 aliphatic rings. The number of esters is 1. The number of carbonyl (C=O) groups excluding carboxylic acids is 1. The van der Waals surface area contributed by atoms with Gasteiger partial charge in [0.15, 0.2) is 0 Å². The van der Waals surface area contributed by atoms with Gasteiger partial charge in [-0.3, -0.25) is 0 Å². The SMILES string of the molecule is CCCCCCCCC(N)(C(=O)O)C(=O)OC(C)(C)C. The molecule has 0 amide bonds. The molecule has 0 heterocycles. The van der Waals surface area contributed by atoms with Crippen LogP contribution in [0.2, 0.25) is 0 Å². The fourth-order valence-corrected chi connectivity index (χ4v) is 1.85. The Morgan fingerprint density at radius 1 is 1.05 bits per heavy atom. The summed E-state index contributed by atoms with van der Waals surface area (Å²) in [5.41, 5.74) is 3.09. The highest BCUT2D eigenvalue weighted by Gasteiger charge is 2.44. The van der Waals surface area contributed by atoms with Crippen molar-refractivity contribution in [2.75, 3.05) is 0 Å². The number of aliphatic carboxylic acids is 1. The predicted octanol–water partition coefficient (Wildman–Crippen LogP) is 2.86. The summed E-state index contributed by atoms with van der Waals surface area (Å²) in [6.45, 7) is 7.21. The lowest BCUT2D eigenvalue weighted by Crippen LogP contribution is -2.57. The molecule has 0 fully saturated rings. The Balaban J connectivity index is 4.39. The minimum absolute atomic E-state index is 0.114. The highest BCUT2D eigenvalue weighted by Crippen LogP contribution is 2.19. The Kier molecular flexibility index (Phi) is 7.79. The van der Waals surface area contributed by atoms with E-state index < -0.39 is 23.1 Å².